The van der Waals surface area contributed by atoms with Gasteiger partial charge in [-0.25, -0.2) is 4.98 Å². The van der Waals surface area contributed by atoms with Crippen molar-refractivity contribution in [1.82, 2.24) is 4.98 Å². The fraction of sp³-hybridized carbons (Fsp3) is 0.0588. The molecule has 4 nitrogen and oxygen atoms in total. The molecule has 110 valence electrons. The molecule has 0 aliphatic carbocycles. The third kappa shape index (κ3) is 3.20. The van der Waals surface area contributed by atoms with Gasteiger partial charge in [-0.05, 0) is 0 Å². The van der Waals surface area contributed by atoms with Gasteiger partial charge in [0.1, 0.15) is 11.4 Å². The molecular weight excluding hydrogens is 298 g/mol. The van der Waals surface area contributed by atoms with E-state index in [0.29, 0.717) is 11.0 Å². The first-order chi connectivity index (χ1) is 10.7. The zero-order valence-electron chi connectivity index (χ0n) is 11.6. The maximum Gasteiger partial charge on any atom is 0.314 e. The number of benzene rings is 2. The van der Waals surface area contributed by atoms with E-state index in [1.807, 2.05) is 60.7 Å². The summed E-state index contributed by atoms with van der Waals surface area (Å²) in [7, 11) is 0. The van der Waals surface area contributed by atoms with Crippen LogP contribution in [-0.2, 0) is 4.79 Å². The second-order valence-corrected chi connectivity index (χ2v) is 5.50. The number of rotatable bonds is 5. The molecule has 0 fully saturated rings. The SMILES string of the molecule is O=C(O)CSc1nc(-c2ccccc2)c(-c2ccccc2)o1. The highest BCUT2D eigenvalue weighted by Crippen LogP contribution is 2.35. The zero-order valence-corrected chi connectivity index (χ0v) is 12.4. The van der Waals surface area contributed by atoms with Crippen molar-refractivity contribution >= 4 is 17.7 Å². The van der Waals surface area contributed by atoms with Crippen molar-refractivity contribution in [2.45, 2.75) is 5.22 Å². The average Bonchev–Trinajstić information content (AvgIpc) is 2.99. The summed E-state index contributed by atoms with van der Waals surface area (Å²) >= 11 is 1.08. The van der Waals surface area contributed by atoms with E-state index in [9.17, 15) is 4.79 Å². The number of carboxylic acids is 1. The highest BCUT2D eigenvalue weighted by molar-refractivity contribution is 7.99. The van der Waals surface area contributed by atoms with Crippen LogP contribution in [0.15, 0.2) is 70.3 Å². The molecule has 1 N–H and O–H groups in total. The number of carbonyl (C=O) groups is 1. The molecule has 0 amide bonds. The van der Waals surface area contributed by atoms with Crippen molar-refractivity contribution in [2.24, 2.45) is 0 Å². The lowest BCUT2D eigenvalue weighted by atomic mass is 10.1. The molecule has 0 saturated carbocycles. The zero-order chi connectivity index (χ0) is 15.4. The van der Waals surface area contributed by atoms with E-state index in [2.05, 4.69) is 4.98 Å². The van der Waals surface area contributed by atoms with Crippen molar-refractivity contribution in [3.05, 3.63) is 60.7 Å². The molecule has 0 radical (unpaired) electrons. The largest absolute Gasteiger partial charge is 0.481 e. The molecule has 3 rings (SSSR count). The number of hydrogen-bond acceptors (Lipinski definition) is 4. The number of aromatic nitrogens is 1. The average molecular weight is 311 g/mol. The molecular formula is C17H13NO3S. The molecule has 0 atom stereocenters. The molecule has 0 unspecified atom stereocenters. The molecule has 0 aliphatic heterocycles. The summed E-state index contributed by atoms with van der Waals surface area (Å²) in [6, 6.07) is 19.4. The van der Waals surface area contributed by atoms with Crippen LogP contribution in [0, 0.1) is 0 Å². The van der Waals surface area contributed by atoms with Gasteiger partial charge < -0.3 is 9.52 Å². The van der Waals surface area contributed by atoms with E-state index in [0.717, 1.165) is 28.6 Å². The molecule has 5 heteroatoms. The second-order valence-electron chi connectivity index (χ2n) is 4.57. The summed E-state index contributed by atoms with van der Waals surface area (Å²) in [5.41, 5.74) is 2.57. The number of carboxylic acid groups (broad SMARTS) is 1. The molecule has 0 aliphatic rings. The first-order valence-electron chi connectivity index (χ1n) is 6.70. The van der Waals surface area contributed by atoms with Crippen molar-refractivity contribution in [3.63, 3.8) is 0 Å². The maximum absolute atomic E-state index is 10.7. The standard InChI is InChI=1S/C17H13NO3S/c19-14(20)11-22-17-18-15(12-7-3-1-4-8-12)16(21-17)13-9-5-2-6-10-13/h1-10H,11H2,(H,19,20). The number of thioether (sulfide) groups is 1. The summed E-state index contributed by atoms with van der Waals surface area (Å²) in [5, 5.41) is 9.16. The van der Waals surface area contributed by atoms with Crippen molar-refractivity contribution in [2.75, 3.05) is 5.75 Å². The van der Waals surface area contributed by atoms with Gasteiger partial charge in [-0.1, -0.05) is 72.4 Å². The predicted octanol–water partition coefficient (Wildman–Crippen LogP) is 4.19. The third-order valence-electron chi connectivity index (χ3n) is 3.01. The number of oxazole rings is 1. The first-order valence-corrected chi connectivity index (χ1v) is 7.69. The highest BCUT2D eigenvalue weighted by Gasteiger charge is 2.17. The lowest BCUT2D eigenvalue weighted by molar-refractivity contribution is -0.133. The Morgan fingerprint density at radius 2 is 1.59 bits per heavy atom. The molecule has 3 aromatic rings. The molecule has 22 heavy (non-hydrogen) atoms. The summed E-state index contributed by atoms with van der Waals surface area (Å²) in [5.74, 6) is -0.325. The molecule has 0 spiro atoms. The Bertz CT molecular complexity index is 712. The van der Waals surface area contributed by atoms with Gasteiger partial charge in [0.25, 0.3) is 5.22 Å². The van der Waals surface area contributed by atoms with E-state index in [-0.39, 0.29) is 5.75 Å². The van der Waals surface area contributed by atoms with E-state index >= 15 is 0 Å². The smallest absolute Gasteiger partial charge is 0.314 e. The molecule has 0 bridgehead atoms. The van der Waals surface area contributed by atoms with Gasteiger partial charge in [0.2, 0.25) is 0 Å². The minimum absolute atomic E-state index is 0.0804. The van der Waals surface area contributed by atoms with Gasteiger partial charge >= 0.3 is 5.97 Å². The van der Waals surface area contributed by atoms with E-state index in [1.54, 1.807) is 0 Å². The Kier molecular flexibility index (Phi) is 4.25. The van der Waals surface area contributed by atoms with Crippen LogP contribution >= 0.6 is 11.8 Å². The van der Waals surface area contributed by atoms with Crippen LogP contribution in [0.4, 0.5) is 0 Å². The van der Waals surface area contributed by atoms with Crippen LogP contribution in [0.25, 0.3) is 22.6 Å². The maximum atomic E-state index is 10.7. The van der Waals surface area contributed by atoms with Crippen molar-refractivity contribution in [3.8, 4) is 22.6 Å². The second kappa shape index (κ2) is 6.49. The van der Waals surface area contributed by atoms with Crippen LogP contribution in [-0.4, -0.2) is 21.8 Å². The van der Waals surface area contributed by atoms with Gasteiger partial charge in [0, 0.05) is 11.1 Å². The van der Waals surface area contributed by atoms with Gasteiger partial charge in [-0.3, -0.25) is 4.79 Å². The van der Waals surface area contributed by atoms with E-state index < -0.39 is 5.97 Å². The molecule has 0 saturated heterocycles. The van der Waals surface area contributed by atoms with Crippen molar-refractivity contribution in [1.29, 1.82) is 0 Å². The summed E-state index contributed by atoms with van der Waals surface area (Å²) < 4.78 is 5.79. The minimum atomic E-state index is -0.897. The highest BCUT2D eigenvalue weighted by atomic mass is 32.2. The normalized spacial score (nSPS) is 10.5. The number of nitrogens with zero attached hydrogens (tertiary/aromatic N) is 1. The Morgan fingerprint density at radius 1 is 1.00 bits per heavy atom. The Hall–Kier alpha value is -2.53. The Morgan fingerprint density at radius 3 is 2.18 bits per heavy atom. The lowest BCUT2D eigenvalue weighted by Gasteiger charge is -2.00. The molecule has 2 aromatic carbocycles. The summed E-state index contributed by atoms with van der Waals surface area (Å²) in [4.78, 5) is 15.2. The quantitative estimate of drug-likeness (QED) is 0.716. The van der Waals surface area contributed by atoms with E-state index in [1.165, 1.54) is 0 Å². The monoisotopic (exact) mass is 311 g/mol. The Balaban J connectivity index is 2.04. The van der Waals surface area contributed by atoms with Crippen LogP contribution < -0.4 is 0 Å². The molecule has 1 aromatic heterocycles. The van der Waals surface area contributed by atoms with Gasteiger partial charge in [0.05, 0.1) is 0 Å². The van der Waals surface area contributed by atoms with Crippen LogP contribution in [0.1, 0.15) is 0 Å². The van der Waals surface area contributed by atoms with Crippen LogP contribution in [0.3, 0.4) is 0 Å². The minimum Gasteiger partial charge on any atom is -0.481 e. The van der Waals surface area contributed by atoms with Gasteiger partial charge in [-0.15, -0.1) is 0 Å². The van der Waals surface area contributed by atoms with Gasteiger partial charge in [0.15, 0.2) is 5.76 Å². The van der Waals surface area contributed by atoms with E-state index in [4.69, 9.17) is 9.52 Å². The summed E-state index contributed by atoms with van der Waals surface area (Å²) in [6.07, 6.45) is 0. The van der Waals surface area contributed by atoms with Crippen molar-refractivity contribution < 1.29 is 14.3 Å². The lowest BCUT2D eigenvalue weighted by Crippen LogP contribution is -1.97. The summed E-state index contributed by atoms with van der Waals surface area (Å²) in [6.45, 7) is 0. The number of hydrogen-bond donors (Lipinski definition) is 1. The Labute approximate surface area is 131 Å². The third-order valence-corrected chi connectivity index (χ3v) is 3.82. The van der Waals surface area contributed by atoms with Gasteiger partial charge in [-0.2, -0.15) is 0 Å². The number of aliphatic carboxylic acids is 1. The first kappa shape index (κ1) is 14.4. The van der Waals surface area contributed by atoms with Crippen LogP contribution in [0.2, 0.25) is 0 Å². The molecule has 1 heterocycles. The predicted molar refractivity (Wildman–Crippen MR) is 85.7 cm³/mol. The topological polar surface area (TPSA) is 63.3 Å². The fourth-order valence-electron chi connectivity index (χ4n) is 2.06. The van der Waals surface area contributed by atoms with Crippen LogP contribution in [0.5, 0.6) is 0 Å². The fourth-order valence-corrected chi connectivity index (χ4v) is 2.61.